The Balaban J connectivity index is 2.54. The molecule has 0 N–H and O–H groups in total. The van der Waals surface area contributed by atoms with Crippen LogP contribution >= 0.6 is 0 Å². The van der Waals surface area contributed by atoms with Crippen molar-refractivity contribution in [3.05, 3.63) is 0 Å². The summed E-state index contributed by atoms with van der Waals surface area (Å²) < 4.78 is 10.4. The highest BCUT2D eigenvalue weighted by Gasteiger charge is 2.32. The molecule has 0 spiro atoms. The van der Waals surface area contributed by atoms with E-state index in [9.17, 15) is 0 Å². The van der Waals surface area contributed by atoms with Crippen molar-refractivity contribution in [2.75, 3.05) is 6.79 Å². The Kier molecular flexibility index (Phi) is 1.29. The molecule has 1 aliphatic heterocycles. The Labute approximate surface area is 49.8 Å². The number of rotatable bonds is 0. The second-order valence-corrected chi connectivity index (χ2v) is 2.67. The summed E-state index contributed by atoms with van der Waals surface area (Å²) in [6.45, 7) is 6.54. The molecular weight excluding hydrogens is 104 g/mol. The van der Waals surface area contributed by atoms with E-state index in [0.29, 0.717) is 6.79 Å². The molecule has 1 saturated heterocycles. The van der Waals surface area contributed by atoms with Crippen LogP contribution in [0.25, 0.3) is 0 Å². The smallest absolute Gasteiger partial charge is 0.148 e. The highest BCUT2D eigenvalue weighted by molar-refractivity contribution is 4.78. The molecule has 0 aromatic carbocycles. The zero-order chi connectivity index (χ0) is 6.20. The molecule has 2 nitrogen and oxygen atoms in total. The molecule has 1 rings (SSSR count). The van der Waals surface area contributed by atoms with Gasteiger partial charge in [0.05, 0.1) is 11.7 Å². The number of ether oxygens (including phenoxy) is 2. The van der Waals surface area contributed by atoms with Crippen LogP contribution in [0.3, 0.4) is 0 Å². The van der Waals surface area contributed by atoms with Gasteiger partial charge in [0, 0.05) is 0 Å². The summed E-state index contributed by atoms with van der Waals surface area (Å²) in [7, 11) is 0. The summed E-state index contributed by atoms with van der Waals surface area (Å²) in [5.74, 6) is 0. The molecular formula is C6H12O2. The molecule has 2 heteroatoms. The lowest BCUT2D eigenvalue weighted by Crippen LogP contribution is -2.29. The van der Waals surface area contributed by atoms with Gasteiger partial charge in [0.15, 0.2) is 0 Å². The minimum absolute atomic E-state index is 0.0694. The fraction of sp³-hybridized carbons (Fsp3) is 1.00. The third-order valence-electron chi connectivity index (χ3n) is 1.73. The van der Waals surface area contributed by atoms with Crippen molar-refractivity contribution in [3.63, 3.8) is 0 Å². The van der Waals surface area contributed by atoms with Gasteiger partial charge in [-0.15, -0.1) is 0 Å². The Hall–Kier alpha value is -0.0800. The van der Waals surface area contributed by atoms with Crippen LogP contribution in [0.1, 0.15) is 20.8 Å². The highest BCUT2D eigenvalue weighted by atomic mass is 16.7. The van der Waals surface area contributed by atoms with E-state index >= 15 is 0 Å². The molecule has 1 aliphatic rings. The maximum absolute atomic E-state index is 5.23. The maximum Gasteiger partial charge on any atom is 0.148 e. The maximum atomic E-state index is 5.23. The molecule has 0 aliphatic carbocycles. The van der Waals surface area contributed by atoms with Crippen molar-refractivity contribution in [2.24, 2.45) is 0 Å². The van der Waals surface area contributed by atoms with Crippen LogP contribution in [0.4, 0.5) is 0 Å². The van der Waals surface area contributed by atoms with Gasteiger partial charge in [0.1, 0.15) is 6.79 Å². The lowest BCUT2D eigenvalue weighted by Gasteiger charge is -2.18. The van der Waals surface area contributed by atoms with Gasteiger partial charge >= 0.3 is 0 Å². The Morgan fingerprint density at radius 2 is 2.12 bits per heavy atom. The lowest BCUT2D eigenvalue weighted by atomic mass is 10.0. The van der Waals surface area contributed by atoms with Crippen LogP contribution < -0.4 is 0 Å². The summed E-state index contributed by atoms with van der Waals surface area (Å²) in [4.78, 5) is 0. The summed E-state index contributed by atoms with van der Waals surface area (Å²) in [6, 6.07) is 0. The largest absolute Gasteiger partial charge is 0.349 e. The molecule has 0 saturated carbocycles. The van der Waals surface area contributed by atoms with Gasteiger partial charge < -0.3 is 9.47 Å². The molecule has 1 fully saturated rings. The van der Waals surface area contributed by atoms with Gasteiger partial charge in [0.25, 0.3) is 0 Å². The van der Waals surface area contributed by atoms with E-state index in [1.165, 1.54) is 0 Å². The lowest BCUT2D eigenvalue weighted by molar-refractivity contribution is 0.0121. The summed E-state index contributed by atoms with van der Waals surface area (Å²) in [6.07, 6.45) is 0.238. The molecule has 0 aromatic rings. The second kappa shape index (κ2) is 1.71. The van der Waals surface area contributed by atoms with Crippen LogP contribution in [0, 0.1) is 0 Å². The van der Waals surface area contributed by atoms with E-state index in [0.717, 1.165) is 0 Å². The normalized spacial score (nSPS) is 35.6. The molecule has 1 atom stereocenters. The van der Waals surface area contributed by atoms with E-state index in [4.69, 9.17) is 9.47 Å². The number of hydrogen-bond acceptors (Lipinski definition) is 2. The van der Waals surface area contributed by atoms with E-state index in [2.05, 4.69) is 0 Å². The van der Waals surface area contributed by atoms with Crippen LogP contribution in [0.2, 0.25) is 0 Å². The first-order valence-electron chi connectivity index (χ1n) is 2.88. The van der Waals surface area contributed by atoms with Gasteiger partial charge in [0.2, 0.25) is 0 Å². The van der Waals surface area contributed by atoms with Crippen molar-refractivity contribution in [3.8, 4) is 0 Å². The Morgan fingerprint density at radius 1 is 1.50 bits per heavy atom. The van der Waals surface area contributed by atoms with Crippen molar-refractivity contribution in [1.82, 2.24) is 0 Å². The van der Waals surface area contributed by atoms with Crippen molar-refractivity contribution >= 4 is 0 Å². The van der Waals surface area contributed by atoms with E-state index < -0.39 is 0 Å². The van der Waals surface area contributed by atoms with Crippen LogP contribution in [-0.2, 0) is 9.47 Å². The average Bonchev–Trinajstić information content (AvgIpc) is 1.86. The minimum Gasteiger partial charge on any atom is -0.349 e. The van der Waals surface area contributed by atoms with Gasteiger partial charge in [-0.05, 0) is 20.8 Å². The van der Waals surface area contributed by atoms with Crippen molar-refractivity contribution in [2.45, 2.75) is 32.5 Å². The summed E-state index contributed by atoms with van der Waals surface area (Å²) >= 11 is 0. The molecule has 1 unspecified atom stereocenters. The molecule has 0 radical (unpaired) electrons. The van der Waals surface area contributed by atoms with E-state index in [1.54, 1.807) is 0 Å². The zero-order valence-corrected chi connectivity index (χ0v) is 5.60. The highest BCUT2D eigenvalue weighted by Crippen LogP contribution is 2.23. The first kappa shape index (κ1) is 6.05. The van der Waals surface area contributed by atoms with Crippen LogP contribution in [0.5, 0.6) is 0 Å². The van der Waals surface area contributed by atoms with Gasteiger partial charge in [-0.1, -0.05) is 0 Å². The monoisotopic (exact) mass is 116 g/mol. The summed E-state index contributed by atoms with van der Waals surface area (Å²) in [5, 5.41) is 0. The zero-order valence-electron chi connectivity index (χ0n) is 5.60. The fourth-order valence-corrected chi connectivity index (χ4v) is 0.606. The van der Waals surface area contributed by atoms with Gasteiger partial charge in [-0.3, -0.25) is 0 Å². The molecule has 0 amide bonds. The van der Waals surface area contributed by atoms with Gasteiger partial charge in [-0.2, -0.15) is 0 Å². The molecule has 8 heavy (non-hydrogen) atoms. The first-order valence-corrected chi connectivity index (χ1v) is 2.88. The third kappa shape index (κ3) is 0.858. The Bertz CT molecular complexity index is 88.5. The van der Waals surface area contributed by atoms with E-state index in [1.807, 2.05) is 20.8 Å². The van der Waals surface area contributed by atoms with Crippen LogP contribution in [-0.4, -0.2) is 18.5 Å². The fourth-order valence-electron chi connectivity index (χ4n) is 0.606. The number of hydrogen-bond donors (Lipinski definition) is 0. The Morgan fingerprint density at radius 3 is 2.25 bits per heavy atom. The average molecular weight is 116 g/mol. The van der Waals surface area contributed by atoms with Crippen LogP contribution in [0.15, 0.2) is 0 Å². The van der Waals surface area contributed by atoms with E-state index in [-0.39, 0.29) is 11.7 Å². The standard InChI is InChI=1S/C6H12O2/c1-5-6(2,3)8-4-7-5/h5H,4H2,1-3H3. The second-order valence-electron chi connectivity index (χ2n) is 2.67. The topological polar surface area (TPSA) is 18.5 Å². The molecule has 48 valence electrons. The summed E-state index contributed by atoms with van der Waals surface area (Å²) in [5.41, 5.74) is -0.0694. The van der Waals surface area contributed by atoms with Crippen molar-refractivity contribution in [1.29, 1.82) is 0 Å². The predicted octanol–water partition coefficient (Wildman–Crippen LogP) is 1.16. The quantitative estimate of drug-likeness (QED) is 0.472. The third-order valence-corrected chi connectivity index (χ3v) is 1.73. The first-order chi connectivity index (χ1) is 3.63. The van der Waals surface area contributed by atoms with Crippen molar-refractivity contribution < 1.29 is 9.47 Å². The molecule has 0 bridgehead atoms. The molecule has 1 heterocycles. The minimum atomic E-state index is -0.0694. The molecule has 0 aromatic heterocycles. The predicted molar refractivity (Wildman–Crippen MR) is 30.6 cm³/mol. The SMILES string of the molecule is CC1OCOC1(C)C. The van der Waals surface area contributed by atoms with Gasteiger partial charge in [-0.25, -0.2) is 0 Å².